The maximum atomic E-state index is 11.8. The van der Waals surface area contributed by atoms with E-state index in [9.17, 15) is 9.90 Å². The molecule has 2 nitrogen and oxygen atoms in total. The Morgan fingerprint density at radius 3 is 2.73 bits per heavy atom. The molecule has 1 N–H and O–H groups in total. The third-order valence-corrected chi connectivity index (χ3v) is 7.79. The second-order valence-electron chi connectivity index (χ2n) is 8.63. The average molecular weight is 300 g/mol. The van der Waals surface area contributed by atoms with E-state index in [1.165, 1.54) is 17.6 Å². The van der Waals surface area contributed by atoms with Gasteiger partial charge in [-0.25, -0.2) is 0 Å². The summed E-state index contributed by atoms with van der Waals surface area (Å²) in [4.78, 5) is 11.8. The Hall–Kier alpha value is -0.890. The fourth-order valence-electron chi connectivity index (χ4n) is 6.12. The molecule has 0 spiro atoms. The molecule has 5 unspecified atom stereocenters. The van der Waals surface area contributed by atoms with Crippen LogP contribution in [0, 0.1) is 23.2 Å². The monoisotopic (exact) mass is 300 g/mol. The molecule has 22 heavy (non-hydrogen) atoms. The predicted molar refractivity (Wildman–Crippen MR) is 87.3 cm³/mol. The van der Waals surface area contributed by atoms with E-state index in [0.29, 0.717) is 23.5 Å². The molecule has 2 heteroatoms. The van der Waals surface area contributed by atoms with Crippen molar-refractivity contribution in [3.05, 3.63) is 22.8 Å². The van der Waals surface area contributed by atoms with Crippen molar-refractivity contribution in [3.63, 3.8) is 0 Å². The van der Waals surface area contributed by atoms with Gasteiger partial charge in [0, 0.05) is 6.42 Å². The van der Waals surface area contributed by atoms with Gasteiger partial charge < -0.3 is 5.11 Å². The van der Waals surface area contributed by atoms with Crippen molar-refractivity contribution in [1.29, 1.82) is 0 Å². The van der Waals surface area contributed by atoms with Crippen molar-refractivity contribution in [2.24, 2.45) is 23.2 Å². The summed E-state index contributed by atoms with van der Waals surface area (Å²) in [6, 6.07) is 0. The Morgan fingerprint density at radius 1 is 1.18 bits per heavy atom. The van der Waals surface area contributed by atoms with E-state index in [1.54, 1.807) is 5.57 Å². The molecule has 2 saturated carbocycles. The SMILES string of the molecule is CC1=C2CCC3(C)C(CCC3(C)O)C2CC2CCC(=O)C=C12. The summed E-state index contributed by atoms with van der Waals surface area (Å²) in [5, 5.41) is 10.9. The lowest BCUT2D eigenvalue weighted by atomic mass is 9.54. The van der Waals surface area contributed by atoms with Crippen molar-refractivity contribution >= 4 is 5.78 Å². The molecule has 2 fully saturated rings. The van der Waals surface area contributed by atoms with Gasteiger partial charge in [-0.2, -0.15) is 0 Å². The number of fused-ring (bicyclic) bond motifs is 4. The van der Waals surface area contributed by atoms with Crippen LogP contribution in [0.1, 0.15) is 65.7 Å². The Balaban J connectivity index is 1.76. The van der Waals surface area contributed by atoms with Gasteiger partial charge in [0.05, 0.1) is 5.60 Å². The zero-order valence-electron chi connectivity index (χ0n) is 14.1. The first-order chi connectivity index (χ1) is 10.3. The Labute approximate surface area is 133 Å². The van der Waals surface area contributed by atoms with Crippen molar-refractivity contribution in [3.8, 4) is 0 Å². The van der Waals surface area contributed by atoms with Crippen LogP contribution < -0.4 is 0 Å². The first-order valence-electron chi connectivity index (χ1n) is 9.00. The van der Waals surface area contributed by atoms with E-state index >= 15 is 0 Å². The Kier molecular flexibility index (Phi) is 3.05. The summed E-state index contributed by atoms with van der Waals surface area (Å²) in [5.74, 6) is 2.16. The largest absolute Gasteiger partial charge is 0.390 e. The summed E-state index contributed by atoms with van der Waals surface area (Å²) in [6.07, 6.45) is 9.22. The minimum Gasteiger partial charge on any atom is -0.390 e. The predicted octanol–water partition coefficient (Wildman–Crippen LogP) is 4.19. The zero-order valence-corrected chi connectivity index (χ0v) is 14.1. The van der Waals surface area contributed by atoms with Gasteiger partial charge >= 0.3 is 0 Å². The lowest BCUT2D eigenvalue weighted by Crippen LogP contribution is -2.48. The summed E-state index contributed by atoms with van der Waals surface area (Å²) in [7, 11) is 0. The van der Waals surface area contributed by atoms with Crippen molar-refractivity contribution < 1.29 is 9.90 Å². The molecule has 4 aliphatic carbocycles. The smallest absolute Gasteiger partial charge is 0.156 e. The minimum absolute atomic E-state index is 0.0765. The fraction of sp³-hybridized carbons (Fsp3) is 0.750. The van der Waals surface area contributed by atoms with Gasteiger partial charge in [-0.15, -0.1) is 0 Å². The minimum atomic E-state index is -0.504. The standard InChI is InChI=1S/C20H28O2/c1-12-15-6-8-19(2)18(7-9-20(19,3)22)17(15)10-13-4-5-14(21)11-16(12)13/h11,13,17-18,22H,4-10H2,1-3H3. The number of carbonyl (C=O) groups is 1. The van der Waals surface area contributed by atoms with Crippen LogP contribution in [0.3, 0.4) is 0 Å². The van der Waals surface area contributed by atoms with Crippen LogP contribution in [0.25, 0.3) is 0 Å². The van der Waals surface area contributed by atoms with Gasteiger partial charge in [-0.3, -0.25) is 4.79 Å². The molecule has 0 aliphatic heterocycles. The molecule has 5 atom stereocenters. The van der Waals surface area contributed by atoms with Gasteiger partial charge in [0.1, 0.15) is 0 Å². The fourth-order valence-corrected chi connectivity index (χ4v) is 6.12. The molecule has 0 amide bonds. The highest BCUT2D eigenvalue weighted by Gasteiger charge is 2.59. The summed E-state index contributed by atoms with van der Waals surface area (Å²) < 4.78 is 0. The quantitative estimate of drug-likeness (QED) is 0.728. The highest BCUT2D eigenvalue weighted by atomic mass is 16.3. The molecule has 0 aromatic carbocycles. The lowest BCUT2D eigenvalue weighted by Gasteiger charge is -2.52. The van der Waals surface area contributed by atoms with Crippen LogP contribution in [-0.4, -0.2) is 16.5 Å². The van der Waals surface area contributed by atoms with Crippen molar-refractivity contribution in [2.75, 3.05) is 0 Å². The average Bonchev–Trinajstić information content (AvgIpc) is 2.71. The summed E-state index contributed by atoms with van der Waals surface area (Å²) >= 11 is 0. The maximum absolute atomic E-state index is 11.8. The van der Waals surface area contributed by atoms with Crippen molar-refractivity contribution in [1.82, 2.24) is 0 Å². The molecular weight excluding hydrogens is 272 g/mol. The summed E-state index contributed by atoms with van der Waals surface area (Å²) in [6.45, 7) is 6.63. The first-order valence-corrected chi connectivity index (χ1v) is 9.00. The van der Waals surface area contributed by atoms with Gasteiger partial charge in [-0.1, -0.05) is 12.5 Å². The molecule has 0 bridgehead atoms. The molecule has 0 saturated heterocycles. The van der Waals surface area contributed by atoms with Gasteiger partial charge in [-0.05, 0) is 92.8 Å². The lowest BCUT2D eigenvalue weighted by molar-refractivity contribution is -0.115. The van der Waals surface area contributed by atoms with Gasteiger partial charge in [0.15, 0.2) is 5.78 Å². The number of ketones is 1. The normalized spacial score (nSPS) is 47.7. The number of rotatable bonds is 0. The Bertz CT molecular complexity index is 595. The first kappa shape index (κ1) is 14.7. The molecule has 0 aromatic heterocycles. The number of hydrogen-bond acceptors (Lipinski definition) is 2. The third kappa shape index (κ3) is 1.79. The molecule has 0 radical (unpaired) electrons. The van der Waals surface area contributed by atoms with Crippen molar-refractivity contribution in [2.45, 2.75) is 71.3 Å². The Morgan fingerprint density at radius 2 is 1.95 bits per heavy atom. The number of aliphatic hydroxyl groups is 1. The number of carbonyl (C=O) groups excluding carboxylic acids is 1. The maximum Gasteiger partial charge on any atom is 0.156 e. The number of allylic oxidation sites excluding steroid dienone is 4. The van der Waals surface area contributed by atoms with E-state index in [2.05, 4.69) is 20.8 Å². The summed E-state index contributed by atoms with van der Waals surface area (Å²) in [5.41, 5.74) is 3.94. The zero-order chi connectivity index (χ0) is 15.7. The highest BCUT2D eigenvalue weighted by Crippen LogP contribution is 2.63. The molecule has 0 aromatic rings. The number of hydrogen-bond donors (Lipinski definition) is 1. The van der Waals surface area contributed by atoms with Crippen LogP contribution in [-0.2, 0) is 4.79 Å². The molecule has 0 heterocycles. The van der Waals surface area contributed by atoms with E-state index in [4.69, 9.17) is 0 Å². The second-order valence-corrected chi connectivity index (χ2v) is 8.63. The van der Waals surface area contributed by atoms with E-state index < -0.39 is 5.60 Å². The molecular formula is C20H28O2. The van der Waals surface area contributed by atoms with Gasteiger partial charge in [0.2, 0.25) is 0 Å². The topological polar surface area (TPSA) is 37.3 Å². The van der Waals surface area contributed by atoms with Crippen LogP contribution in [0.4, 0.5) is 0 Å². The van der Waals surface area contributed by atoms with E-state index in [1.807, 2.05) is 6.08 Å². The molecule has 120 valence electrons. The molecule has 4 rings (SSSR count). The van der Waals surface area contributed by atoms with Gasteiger partial charge in [0.25, 0.3) is 0 Å². The van der Waals surface area contributed by atoms with E-state index in [0.717, 1.165) is 38.5 Å². The van der Waals surface area contributed by atoms with E-state index in [-0.39, 0.29) is 5.41 Å². The third-order valence-electron chi connectivity index (χ3n) is 7.79. The van der Waals surface area contributed by atoms with Crippen LogP contribution in [0.5, 0.6) is 0 Å². The van der Waals surface area contributed by atoms with Crippen LogP contribution >= 0.6 is 0 Å². The highest BCUT2D eigenvalue weighted by molar-refractivity contribution is 5.92. The van der Waals surface area contributed by atoms with Crippen LogP contribution in [0.15, 0.2) is 22.8 Å². The molecule has 4 aliphatic rings. The van der Waals surface area contributed by atoms with Crippen LogP contribution in [0.2, 0.25) is 0 Å². The second kappa shape index (κ2) is 4.56.